The number of ketones is 1. The molecule has 0 aromatic heterocycles. The first-order valence-electron chi connectivity index (χ1n) is 11.3. The van der Waals surface area contributed by atoms with E-state index < -0.39 is 0 Å². The van der Waals surface area contributed by atoms with E-state index in [0.29, 0.717) is 13.2 Å². The number of carbonyl (C=O) groups is 1. The fraction of sp³-hybridized carbons (Fsp3) is 0.708. The lowest BCUT2D eigenvalue weighted by Crippen LogP contribution is -2.39. The van der Waals surface area contributed by atoms with E-state index in [9.17, 15) is 4.79 Å². The van der Waals surface area contributed by atoms with Gasteiger partial charge in [-0.3, -0.25) is 4.79 Å². The summed E-state index contributed by atoms with van der Waals surface area (Å²) in [6.07, 6.45) is 3.34. The largest absolute Gasteiger partial charge is 0.490 e. The molecule has 166 valence electrons. The van der Waals surface area contributed by atoms with Crippen molar-refractivity contribution in [1.82, 2.24) is 4.90 Å². The zero-order valence-electron chi connectivity index (χ0n) is 19.1. The van der Waals surface area contributed by atoms with Gasteiger partial charge in [0.2, 0.25) is 0 Å². The summed E-state index contributed by atoms with van der Waals surface area (Å²) in [5.41, 5.74) is 0.757. The van der Waals surface area contributed by atoms with E-state index in [-0.39, 0.29) is 17.8 Å². The molecule has 2 rings (SSSR count). The smallest absolute Gasteiger partial charge is 0.165 e. The topological polar surface area (TPSA) is 48.0 Å². The molecule has 0 bridgehead atoms. The van der Waals surface area contributed by atoms with Gasteiger partial charge in [0, 0.05) is 37.7 Å². The number of ether oxygens (including phenoxy) is 3. The minimum atomic E-state index is 0.0222. The van der Waals surface area contributed by atoms with E-state index >= 15 is 0 Å². The molecule has 1 aromatic carbocycles. The summed E-state index contributed by atoms with van der Waals surface area (Å²) >= 11 is 0. The molecule has 5 heteroatoms. The Morgan fingerprint density at radius 2 is 1.59 bits per heavy atom. The van der Waals surface area contributed by atoms with Crippen LogP contribution in [0.1, 0.15) is 64.2 Å². The Balaban J connectivity index is 0.00000204. The van der Waals surface area contributed by atoms with E-state index in [4.69, 9.17) is 14.2 Å². The van der Waals surface area contributed by atoms with Gasteiger partial charge in [0.25, 0.3) is 0 Å². The maximum atomic E-state index is 12.0. The van der Waals surface area contributed by atoms with Crippen LogP contribution in [0.2, 0.25) is 0 Å². The molecule has 1 aromatic rings. The van der Waals surface area contributed by atoms with Crippen molar-refractivity contribution in [3.63, 3.8) is 0 Å². The van der Waals surface area contributed by atoms with Gasteiger partial charge in [-0.2, -0.15) is 0 Å². The summed E-state index contributed by atoms with van der Waals surface area (Å²) in [4.78, 5) is 14.4. The summed E-state index contributed by atoms with van der Waals surface area (Å²) in [6, 6.07) is 7.57. The highest BCUT2D eigenvalue weighted by Crippen LogP contribution is 2.20. The van der Waals surface area contributed by atoms with Gasteiger partial charge in [-0.05, 0) is 43.5 Å². The molecule has 0 unspecified atom stereocenters. The minimum absolute atomic E-state index is 0.0222. The molecule has 0 N–H and O–H groups in total. The second kappa shape index (κ2) is 15.4. The lowest BCUT2D eigenvalue weighted by Gasteiger charge is -2.32. The molecule has 0 spiro atoms. The van der Waals surface area contributed by atoms with Crippen molar-refractivity contribution in [1.29, 1.82) is 0 Å². The molecule has 1 saturated heterocycles. The number of hydrogen-bond acceptors (Lipinski definition) is 5. The van der Waals surface area contributed by atoms with Crippen LogP contribution in [0.3, 0.4) is 0 Å². The zero-order chi connectivity index (χ0) is 21.5. The van der Waals surface area contributed by atoms with Gasteiger partial charge in [0.1, 0.15) is 11.9 Å². The number of nitrogens with zero attached hydrogens (tertiary/aromatic N) is 1. The van der Waals surface area contributed by atoms with Crippen molar-refractivity contribution in [2.45, 2.75) is 60.0 Å². The van der Waals surface area contributed by atoms with Crippen LogP contribution >= 0.6 is 0 Å². The Labute approximate surface area is 177 Å². The first-order chi connectivity index (χ1) is 14.1. The van der Waals surface area contributed by atoms with Crippen LogP contribution in [-0.2, 0) is 9.47 Å². The molecular formula is C24H41NO4. The molecule has 1 aliphatic heterocycles. The van der Waals surface area contributed by atoms with Crippen LogP contribution < -0.4 is 4.74 Å². The third-order valence-corrected chi connectivity index (χ3v) is 4.77. The number of rotatable bonds is 12. The van der Waals surface area contributed by atoms with Crippen LogP contribution in [-0.4, -0.2) is 62.8 Å². The number of hydrogen-bond donors (Lipinski definition) is 0. The molecule has 0 saturated carbocycles. The number of carbonyl (C=O) groups excluding carboxylic acids is 1. The second-order valence-electron chi connectivity index (χ2n) is 7.43. The SMILES string of the molecule is CC.CCCOCCOCCN1CCC(Oc2ccc(C(=O)C(C)C)cc2)CC1. The predicted molar refractivity (Wildman–Crippen MR) is 119 cm³/mol. The highest BCUT2D eigenvalue weighted by atomic mass is 16.5. The molecular weight excluding hydrogens is 366 g/mol. The van der Waals surface area contributed by atoms with Crippen molar-refractivity contribution in [3.05, 3.63) is 29.8 Å². The minimum Gasteiger partial charge on any atom is -0.490 e. The average molecular weight is 408 g/mol. The summed E-state index contributed by atoms with van der Waals surface area (Å²) in [7, 11) is 0. The lowest BCUT2D eigenvalue weighted by molar-refractivity contribution is 0.0298. The molecule has 29 heavy (non-hydrogen) atoms. The highest BCUT2D eigenvalue weighted by molar-refractivity contribution is 5.97. The van der Waals surface area contributed by atoms with Gasteiger partial charge in [0.15, 0.2) is 5.78 Å². The summed E-state index contributed by atoms with van der Waals surface area (Å²) in [5, 5.41) is 0. The third-order valence-electron chi connectivity index (χ3n) is 4.77. The van der Waals surface area contributed by atoms with E-state index in [2.05, 4.69) is 11.8 Å². The Morgan fingerprint density at radius 3 is 2.14 bits per heavy atom. The van der Waals surface area contributed by atoms with Crippen molar-refractivity contribution in [3.8, 4) is 5.75 Å². The van der Waals surface area contributed by atoms with Gasteiger partial charge >= 0.3 is 0 Å². The summed E-state index contributed by atoms with van der Waals surface area (Å²) in [6.45, 7) is 15.9. The van der Waals surface area contributed by atoms with Crippen LogP contribution in [0.25, 0.3) is 0 Å². The highest BCUT2D eigenvalue weighted by Gasteiger charge is 2.20. The van der Waals surface area contributed by atoms with Crippen molar-refractivity contribution >= 4 is 5.78 Å². The van der Waals surface area contributed by atoms with Crippen molar-refractivity contribution < 1.29 is 19.0 Å². The lowest BCUT2D eigenvalue weighted by atomic mass is 10.0. The first-order valence-corrected chi connectivity index (χ1v) is 11.3. The second-order valence-corrected chi connectivity index (χ2v) is 7.43. The standard InChI is InChI=1S/C22H35NO4.C2H6/c1-4-14-25-16-17-26-15-13-23-11-9-21(10-12-23)27-20-7-5-19(6-8-20)22(24)18(2)3;1-2/h5-8,18,21H,4,9-17H2,1-3H3;1-2H3. The van der Waals surface area contributed by atoms with Crippen LogP contribution in [0, 0.1) is 5.92 Å². The van der Waals surface area contributed by atoms with E-state index in [1.807, 2.05) is 52.0 Å². The molecule has 0 amide bonds. The third kappa shape index (κ3) is 10.2. The Bertz CT molecular complexity index is 536. The van der Waals surface area contributed by atoms with Gasteiger partial charge in [-0.25, -0.2) is 0 Å². The van der Waals surface area contributed by atoms with Gasteiger partial charge in [-0.1, -0.05) is 34.6 Å². The summed E-state index contributed by atoms with van der Waals surface area (Å²) < 4.78 is 17.1. The molecule has 0 radical (unpaired) electrons. The first kappa shape index (κ1) is 25.6. The number of Topliss-reactive ketones (excluding diaryl/α,β-unsaturated/α-hetero) is 1. The number of likely N-dealkylation sites (tertiary alicyclic amines) is 1. The molecule has 0 aliphatic carbocycles. The fourth-order valence-corrected chi connectivity index (χ4v) is 3.13. The maximum Gasteiger partial charge on any atom is 0.165 e. The fourth-order valence-electron chi connectivity index (χ4n) is 3.13. The molecule has 1 heterocycles. The molecule has 0 atom stereocenters. The Hall–Kier alpha value is -1.43. The zero-order valence-corrected chi connectivity index (χ0v) is 19.1. The Morgan fingerprint density at radius 1 is 1.00 bits per heavy atom. The molecule has 1 aliphatic rings. The van der Waals surface area contributed by atoms with E-state index in [0.717, 1.165) is 63.4 Å². The Kier molecular flexibility index (Phi) is 13.6. The average Bonchev–Trinajstić information content (AvgIpc) is 2.75. The van der Waals surface area contributed by atoms with Gasteiger partial charge in [0.05, 0.1) is 19.8 Å². The molecule has 5 nitrogen and oxygen atoms in total. The van der Waals surface area contributed by atoms with Crippen LogP contribution in [0.15, 0.2) is 24.3 Å². The molecule has 1 fully saturated rings. The van der Waals surface area contributed by atoms with Crippen molar-refractivity contribution in [2.75, 3.05) is 46.1 Å². The monoisotopic (exact) mass is 407 g/mol. The predicted octanol–water partition coefficient (Wildman–Crippen LogP) is 4.84. The van der Waals surface area contributed by atoms with Crippen molar-refractivity contribution in [2.24, 2.45) is 5.92 Å². The van der Waals surface area contributed by atoms with E-state index in [1.54, 1.807) is 0 Å². The van der Waals surface area contributed by atoms with Gasteiger partial charge < -0.3 is 19.1 Å². The van der Waals surface area contributed by atoms with Crippen LogP contribution in [0.4, 0.5) is 0 Å². The normalized spacial score (nSPS) is 15.1. The quantitative estimate of drug-likeness (QED) is 0.367. The van der Waals surface area contributed by atoms with Crippen LogP contribution in [0.5, 0.6) is 5.75 Å². The summed E-state index contributed by atoms with van der Waals surface area (Å²) in [5.74, 6) is 1.05. The van der Waals surface area contributed by atoms with Gasteiger partial charge in [-0.15, -0.1) is 0 Å². The van der Waals surface area contributed by atoms with E-state index in [1.165, 1.54) is 0 Å². The maximum absolute atomic E-state index is 12.0. The number of benzene rings is 1. The number of piperidine rings is 1.